The second-order valence-electron chi connectivity index (χ2n) is 7.72. The molecular formula is C23H26FNO6. The first-order valence-electron chi connectivity index (χ1n) is 10.0. The summed E-state index contributed by atoms with van der Waals surface area (Å²) in [7, 11) is 2.74. The van der Waals surface area contributed by atoms with E-state index in [9.17, 15) is 18.8 Å². The lowest BCUT2D eigenvalue weighted by Gasteiger charge is -2.38. The second-order valence-corrected chi connectivity index (χ2v) is 7.72. The molecule has 3 rings (SSSR count). The van der Waals surface area contributed by atoms with Crippen molar-refractivity contribution in [2.24, 2.45) is 11.8 Å². The lowest BCUT2D eigenvalue weighted by molar-refractivity contribution is -0.151. The van der Waals surface area contributed by atoms with Gasteiger partial charge in [0.2, 0.25) is 0 Å². The molecule has 1 aromatic carbocycles. The molecule has 1 aliphatic carbocycles. The number of esters is 2. The van der Waals surface area contributed by atoms with Gasteiger partial charge in [-0.1, -0.05) is 19.1 Å². The molecule has 3 atom stereocenters. The van der Waals surface area contributed by atoms with Crippen molar-refractivity contribution < 1.29 is 33.0 Å². The number of ether oxygens (including phenoxy) is 3. The van der Waals surface area contributed by atoms with E-state index in [4.69, 9.17) is 14.2 Å². The SMILES string of the molecule is COCCOC(=O)C1=C(C)NC2=C(C(=O)[C@H](C(=O)OC)[C@H](C)C2)[C@@H]1c1ccc(F)cc1. The average Bonchev–Trinajstić information content (AvgIpc) is 2.73. The van der Waals surface area contributed by atoms with Crippen LogP contribution < -0.4 is 5.32 Å². The van der Waals surface area contributed by atoms with Crippen LogP contribution in [0, 0.1) is 17.7 Å². The monoisotopic (exact) mass is 431 g/mol. The van der Waals surface area contributed by atoms with Crippen LogP contribution in [0.4, 0.5) is 4.39 Å². The number of allylic oxidation sites excluding steroid dienone is 3. The van der Waals surface area contributed by atoms with Crippen molar-refractivity contribution in [2.75, 3.05) is 27.4 Å². The van der Waals surface area contributed by atoms with Gasteiger partial charge in [0, 0.05) is 30.0 Å². The van der Waals surface area contributed by atoms with Crippen LogP contribution in [0.1, 0.15) is 31.7 Å². The molecule has 0 amide bonds. The molecule has 0 radical (unpaired) electrons. The zero-order valence-corrected chi connectivity index (χ0v) is 18.0. The number of rotatable bonds is 6. The molecule has 0 fully saturated rings. The van der Waals surface area contributed by atoms with Crippen LogP contribution in [0.25, 0.3) is 0 Å². The van der Waals surface area contributed by atoms with Gasteiger partial charge in [-0.3, -0.25) is 9.59 Å². The Balaban J connectivity index is 2.11. The van der Waals surface area contributed by atoms with Gasteiger partial charge in [-0.05, 0) is 37.0 Å². The van der Waals surface area contributed by atoms with E-state index in [0.717, 1.165) is 0 Å². The molecule has 8 heteroatoms. The number of Topliss-reactive ketones (excluding diaryl/α,β-unsaturated/α-hetero) is 1. The summed E-state index contributed by atoms with van der Waals surface area (Å²) in [6, 6.07) is 5.61. The minimum absolute atomic E-state index is 0.0456. The molecule has 1 aliphatic heterocycles. The minimum Gasteiger partial charge on any atom is -0.468 e. The van der Waals surface area contributed by atoms with Gasteiger partial charge in [0.15, 0.2) is 5.78 Å². The van der Waals surface area contributed by atoms with Gasteiger partial charge in [0.05, 0.1) is 19.3 Å². The predicted molar refractivity (Wildman–Crippen MR) is 109 cm³/mol. The number of benzene rings is 1. The second kappa shape index (κ2) is 9.43. The van der Waals surface area contributed by atoms with E-state index in [1.54, 1.807) is 6.92 Å². The van der Waals surface area contributed by atoms with Gasteiger partial charge in [0.25, 0.3) is 0 Å². The van der Waals surface area contributed by atoms with Gasteiger partial charge >= 0.3 is 11.9 Å². The van der Waals surface area contributed by atoms with Gasteiger partial charge < -0.3 is 19.5 Å². The van der Waals surface area contributed by atoms with Crippen molar-refractivity contribution in [3.05, 3.63) is 58.2 Å². The summed E-state index contributed by atoms with van der Waals surface area (Å²) in [6.07, 6.45) is 0.432. The molecule has 166 valence electrons. The molecule has 0 saturated carbocycles. The standard InChI is InChI=1S/C23H26FNO6/c1-12-11-16-20(21(26)17(12)22(27)30-4)19(14-5-7-15(24)8-6-14)18(13(2)25-16)23(28)31-10-9-29-3/h5-8,12,17,19,25H,9-11H2,1-4H3/t12-,17-,19-/m1/s1. The molecule has 0 saturated heterocycles. The van der Waals surface area contributed by atoms with Gasteiger partial charge in [-0.25, -0.2) is 9.18 Å². The first-order valence-corrected chi connectivity index (χ1v) is 10.0. The van der Waals surface area contributed by atoms with E-state index in [2.05, 4.69) is 5.32 Å². The Labute approximate surface area is 180 Å². The van der Waals surface area contributed by atoms with Crippen LogP contribution in [-0.4, -0.2) is 45.2 Å². The van der Waals surface area contributed by atoms with Crippen LogP contribution in [0.15, 0.2) is 46.8 Å². The molecule has 1 N–H and O–H groups in total. The number of hydrogen-bond acceptors (Lipinski definition) is 7. The molecule has 0 bridgehead atoms. The first kappa shape index (κ1) is 22.7. The largest absolute Gasteiger partial charge is 0.468 e. The van der Waals surface area contributed by atoms with Crippen molar-refractivity contribution in [2.45, 2.75) is 26.2 Å². The summed E-state index contributed by atoms with van der Waals surface area (Å²) in [5.41, 5.74) is 2.31. The van der Waals surface area contributed by atoms with E-state index in [1.807, 2.05) is 6.92 Å². The van der Waals surface area contributed by atoms with Crippen molar-refractivity contribution in [3.8, 4) is 0 Å². The van der Waals surface area contributed by atoms with Gasteiger partial charge in [-0.15, -0.1) is 0 Å². The Bertz CT molecular complexity index is 949. The highest BCUT2D eigenvalue weighted by atomic mass is 19.1. The molecule has 7 nitrogen and oxygen atoms in total. The lowest BCUT2D eigenvalue weighted by atomic mass is 9.69. The Hall–Kier alpha value is -3.00. The Morgan fingerprint density at radius 2 is 1.84 bits per heavy atom. The number of halogens is 1. The van der Waals surface area contributed by atoms with E-state index < -0.39 is 35.4 Å². The molecular weight excluding hydrogens is 405 g/mol. The zero-order valence-electron chi connectivity index (χ0n) is 18.0. The predicted octanol–water partition coefficient (Wildman–Crippen LogP) is 2.63. The van der Waals surface area contributed by atoms with Gasteiger partial charge in [-0.2, -0.15) is 0 Å². The zero-order chi connectivity index (χ0) is 22.7. The van der Waals surface area contributed by atoms with Crippen molar-refractivity contribution in [1.82, 2.24) is 5.32 Å². The lowest BCUT2D eigenvalue weighted by Crippen LogP contribution is -2.43. The molecule has 0 aromatic heterocycles. The molecule has 2 aliphatic rings. The third-order valence-corrected chi connectivity index (χ3v) is 5.69. The summed E-state index contributed by atoms with van der Waals surface area (Å²) >= 11 is 0. The summed E-state index contributed by atoms with van der Waals surface area (Å²) in [4.78, 5) is 38.8. The summed E-state index contributed by atoms with van der Waals surface area (Å²) < 4.78 is 28.7. The third-order valence-electron chi connectivity index (χ3n) is 5.69. The fourth-order valence-electron chi connectivity index (χ4n) is 4.24. The molecule has 0 unspecified atom stereocenters. The smallest absolute Gasteiger partial charge is 0.336 e. The Morgan fingerprint density at radius 1 is 1.16 bits per heavy atom. The number of ketones is 1. The quantitative estimate of drug-likeness (QED) is 0.421. The molecule has 0 spiro atoms. The average molecular weight is 431 g/mol. The molecule has 1 aromatic rings. The number of nitrogens with one attached hydrogen (secondary N) is 1. The molecule has 31 heavy (non-hydrogen) atoms. The molecule has 1 heterocycles. The number of dihydropyridines is 1. The first-order chi connectivity index (χ1) is 14.8. The van der Waals surface area contributed by atoms with Crippen molar-refractivity contribution in [1.29, 1.82) is 0 Å². The maximum atomic E-state index is 13.6. The van der Waals surface area contributed by atoms with E-state index in [1.165, 1.54) is 38.5 Å². The number of carbonyl (C=O) groups excluding carboxylic acids is 3. The summed E-state index contributed by atoms with van der Waals surface area (Å²) in [5, 5.41) is 3.17. The van der Waals surface area contributed by atoms with Crippen LogP contribution >= 0.6 is 0 Å². The van der Waals surface area contributed by atoms with Crippen LogP contribution in [-0.2, 0) is 28.6 Å². The minimum atomic E-state index is -0.974. The van der Waals surface area contributed by atoms with Crippen LogP contribution in [0.5, 0.6) is 0 Å². The van der Waals surface area contributed by atoms with E-state index >= 15 is 0 Å². The normalized spacial score (nSPS) is 23.3. The van der Waals surface area contributed by atoms with Crippen molar-refractivity contribution in [3.63, 3.8) is 0 Å². The number of hydrogen-bond donors (Lipinski definition) is 1. The highest BCUT2D eigenvalue weighted by Crippen LogP contribution is 2.45. The Morgan fingerprint density at radius 3 is 2.45 bits per heavy atom. The van der Waals surface area contributed by atoms with Crippen LogP contribution in [0.2, 0.25) is 0 Å². The number of methoxy groups -OCH3 is 2. The maximum absolute atomic E-state index is 13.6. The summed E-state index contributed by atoms with van der Waals surface area (Å²) in [6.45, 7) is 3.81. The van der Waals surface area contributed by atoms with Crippen molar-refractivity contribution >= 4 is 17.7 Å². The fraction of sp³-hybridized carbons (Fsp3) is 0.435. The Kier molecular flexibility index (Phi) is 6.90. The number of carbonyl (C=O) groups is 3. The highest BCUT2D eigenvalue weighted by Gasteiger charge is 2.47. The topological polar surface area (TPSA) is 90.9 Å². The fourth-order valence-corrected chi connectivity index (χ4v) is 4.24. The summed E-state index contributed by atoms with van der Waals surface area (Å²) in [5.74, 6) is -4.11. The van der Waals surface area contributed by atoms with E-state index in [-0.39, 0.29) is 24.7 Å². The highest BCUT2D eigenvalue weighted by molar-refractivity contribution is 6.12. The van der Waals surface area contributed by atoms with Gasteiger partial charge in [0.1, 0.15) is 18.3 Å². The van der Waals surface area contributed by atoms with E-state index in [0.29, 0.717) is 29.0 Å². The van der Waals surface area contributed by atoms with Crippen LogP contribution in [0.3, 0.4) is 0 Å². The maximum Gasteiger partial charge on any atom is 0.336 e. The third kappa shape index (κ3) is 4.39.